The standard InChI is InChI=1S/C26H26F2N6O2/c1-33-25-17(14-31-33)24(34-10-4-5-16(34)13-29)15(11-19(25)28)12-21(35)20-8-9-30-26(32-20)23-18(27)6-3-7-22(23)36-2/h3,6-9,11,14,16H,4-5,10,12-13,29H2,1-2H3/t16-/m1/s1. The van der Waals surface area contributed by atoms with E-state index in [1.165, 1.54) is 42.3 Å². The van der Waals surface area contributed by atoms with E-state index < -0.39 is 11.6 Å². The molecule has 1 saturated heterocycles. The molecule has 36 heavy (non-hydrogen) atoms. The predicted octanol–water partition coefficient (Wildman–Crippen LogP) is 3.67. The number of Topliss-reactive ketones (excluding diaryl/α,β-unsaturated/α-hetero) is 1. The Morgan fingerprint density at radius 3 is 2.86 bits per heavy atom. The summed E-state index contributed by atoms with van der Waals surface area (Å²) in [5, 5.41) is 4.89. The molecule has 0 spiro atoms. The summed E-state index contributed by atoms with van der Waals surface area (Å²) in [5.41, 5.74) is 7.87. The van der Waals surface area contributed by atoms with Crippen molar-refractivity contribution in [2.45, 2.75) is 25.3 Å². The number of benzene rings is 2. The van der Waals surface area contributed by atoms with Gasteiger partial charge in [0.1, 0.15) is 28.6 Å². The predicted molar refractivity (Wildman–Crippen MR) is 132 cm³/mol. The first-order valence-electron chi connectivity index (χ1n) is 11.7. The van der Waals surface area contributed by atoms with Gasteiger partial charge in [-0.15, -0.1) is 0 Å². The van der Waals surface area contributed by atoms with Gasteiger partial charge in [0.15, 0.2) is 11.6 Å². The lowest BCUT2D eigenvalue weighted by molar-refractivity contribution is 0.0988. The summed E-state index contributed by atoms with van der Waals surface area (Å²) in [6, 6.07) is 7.34. The second-order valence-corrected chi connectivity index (χ2v) is 8.80. The second kappa shape index (κ2) is 9.62. The SMILES string of the molecule is COc1cccc(F)c1-c1nccc(C(=O)Cc2cc(F)c3c(cnn3C)c2N2CCC[C@@H]2CN)n1. The van der Waals surface area contributed by atoms with Crippen LogP contribution in [0.5, 0.6) is 5.75 Å². The van der Waals surface area contributed by atoms with Crippen molar-refractivity contribution in [3.8, 4) is 17.1 Å². The van der Waals surface area contributed by atoms with E-state index in [4.69, 9.17) is 10.5 Å². The number of fused-ring (bicyclic) bond motifs is 1. The van der Waals surface area contributed by atoms with Crippen molar-refractivity contribution in [2.75, 3.05) is 25.1 Å². The van der Waals surface area contributed by atoms with Gasteiger partial charge in [0.05, 0.1) is 24.6 Å². The van der Waals surface area contributed by atoms with Crippen LogP contribution >= 0.6 is 0 Å². The highest BCUT2D eigenvalue weighted by Crippen LogP contribution is 2.37. The van der Waals surface area contributed by atoms with Crippen LogP contribution in [0.15, 0.2) is 42.7 Å². The van der Waals surface area contributed by atoms with Gasteiger partial charge in [-0.25, -0.2) is 18.7 Å². The van der Waals surface area contributed by atoms with Crippen molar-refractivity contribution >= 4 is 22.4 Å². The number of ketones is 1. The molecular formula is C26H26F2N6O2. The first-order valence-corrected chi connectivity index (χ1v) is 11.7. The first-order chi connectivity index (χ1) is 17.4. The molecule has 3 heterocycles. The zero-order valence-corrected chi connectivity index (χ0v) is 20.0. The number of carbonyl (C=O) groups excluding carboxylic acids is 1. The number of halogens is 2. The number of carbonyl (C=O) groups is 1. The van der Waals surface area contributed by atoms with Crippen molar-refractivity contribution < 1.29 is 18.3 Å². The Kier molecular flexibility index (Phi) is 6.36. The van der Waals surface area contributed by atoms with Gasteiger partial charge in [-0.1, -0.05) is 6.07 Å². The number of hydrogen-bond acceptors (Lipinski definition) is 7. The summed E-state index contributed by atoms with van der Waals surface area (Å²) in [5.74, 6) is -1.08. The lowest BCUT2D eigenvalue weighted by atomic mass is 10.00. The van der Waals surface area contributed by atoms with E-state index in [0.29, 0.717) is 23.0 Å². The van der Waals surface area contributed by atoms with Crippen LogP contribution < -0.4 is 15.4 Å². The van der Waals surface area contributed by atoms with E-state index in [2.05, 4.69) is 20.0 Å². The number of aryl methyl sites for hydroxylation is 1. The smallest absolute Gasteiger partial charge is 0.185 e. The number of methoxy groups -OCH3 is 1. The molecule has 1 aliphatic heterocycles. The molecule has 1 aliphatic rings. The second-order valence-electron chi connectivity index (χ2n) is 8.80. The summed E-state index contributed by atoms with van der Waals surface area (Å²) in [4.78, 5) is 24.0. The van der Waals surface area contributed by atoms with Crippen LogP contribution in [0.3, 0.4) is 0 Å². The molecule has 2 aromatic heterocycles. The molecule has 0 amide bonds. The minimum absolute atomic E-state index is 0.0349. The highest BCUT2D eigenvalue weighted by atomic mass is 19.1. The fourth-order valence-corrected chi connectivity index (χ4v) is 5.00. The molecule has 2 N–H and O–H groups in total. The van der Waals surface area contributed by atoms with E-state index in [0.717, 1.165) is 25.1 Å². The summed E-state index contributed by atoms with van der Waals surface area (Å²) in [7, 11) is 3.11. The van der Waals surface area contributed by atoms with E-state index in [1.807, 2.05) is 0 Å². The number of aromatic nitrogens is 4. The highest BCUT2D eigenvalue weighted by Gasteiger charge is 2.29. The van der Waals surface area contributed by atoms with Crippen LogP contribution in [0.2, 0.25) is 0 Å². The van der Waals surface area contributed by atoms with Crippen LogP contribution in [0.25, 0.3) is 22.3 Å². The zero-order valence-electron chi connectivity index (χ0n) is 20.0. The Balaban J connectivity index is 1.56. The molecule has 1 atom stereocenters. The average molecular weight is 493 g/mol. The third kappa shape index (κ3) is 4.07. The Hall–Kier alpha value is -3.92. The Labute approximate surface area is 206 Å². The number of hydrogen-bond donors (Lipinski definition) is 1. The molecule has 8 nitrogen and oxygen atoms in total. The van der Waals surface area contributed by atoms with Gasteiger partial charge >= 0.3 is 0 Å². The van der Waals surface area contributed by atoms with Gasteiger partial charge in [-0.05, 0) is 42.7 Å². The van der Waals surface area contributed by atoms with Crippen molar-refractivity contribution in [1.29, 1.82) is 0 Å². The van der Waals surface area contributed by atoms with Gasteiger partial charge in [-0.3, -0.25) is 9.48 Å². The molecule has 0 bridgehead atoms. The topological polar surface area (TPSA) is 99.2 Å². The molecular weight excluding hydrogens is 466 g/mol. The molecule has 0 aliphatic carbocycles. The first kappa shape index (κ1) is 23.8. The maximum Gasteiger partial charge on any atom is 0.185 e. The molecule has 186 valence electrons. The van der Waals surface area contributed by atoms with E-state index >= 15 is 4.39 Å². The highest BCUT2D eigenvalue weighted by molar-refractivity contribution is 6.00. The van der Waals surface area contributed by atoms with Crippen molar-refractivity contribution in [3.05, 3.63) is 65.6 Å². The normalized spacial score (nSPS) is 15.6. The molecule has 1 fully saturated rings. The zero-order chi connectivity index (χ0) is 25.4. The molecule has 0 radical (unpaired) electrons. The van der Waals surface area contributed by atoms with Crippen LogP contribution in [0, 0.1) is 11.6 Å². The average Bonchev–Trinajstić information content (AvgIpc) is 3.51. The van der Waals surface area contributed by atoms with E-state index in [-0.39, 0.29) is 41.1 Å². The molecule has 10 heteroatoms. The van der Waals surface area contributed by atoms with Gasteiger partial charge in [-0.2, -0.15) is 5.10 Å². The van der Waals surface area contributed by atoms with Crippen molar-refractivity contribution in [1.82, 2.24) is 19.7 Å². The largest absolute Gasteiger partial charge is 0.496 e. The number of anilines is 1. The quantitative estimate of drug-likeness (QED) is 0.393. The minimum Gasteiger partial charge on any atom is -0.496 e. The summed E-state index contributed by atoms with van der Waals surface area (Å²) >= 11 is 0. The van der Waals surface area contributed by atoms with Gasteiger partial charge in [0.25, 0.3) is 0 Å². The number of ether oxygens (including phenoxy) is 1. The minimum atomic E-state index is -0.563. The molecule has 0 unspecified atom stereocenters. The lowest BCUT2D eigenvalue weighted by Crippen LogP contribution is -2.36. The molecule has 0 saturated carbocycles. The summed E-state index contributed by atoms with van der Waals surface area (Å²) < 4.78 is 36.5. The lowest BCUT2D eigenvalue weighted by Gasteiger charge is -2.29. The number of nitrogens with two attached hydrogens (primary N) is 1. The third-order valence-corrected chi connectivity index (χ3v) is 6.67. The number of rotatable bonds is 7. The van der Waals surface area contributed by atoms with Gasteiger partial charge in [0.2, 0.25) is 0 Å². The maximum atomic E-state index is 15.2. The Morgan fingerprint density at radius 1 is 1.25 bits per heavy atom. The van der Waals surface area contributed by atoms with Crippen LogP contribution in [0.1, 0.15) is 28.9 Å². The Morgan fingerprint density at radius 2 is 2.08 bits per heavy atom. The molecule has 5 rings (SSSR count). The summed E-state index contributed by atoms with van der Waals surface area (Å²) in [6.45, 7) is 1.20. The van der Waals surface area contributed by atoms with E-state index in [9.17, 15) is 9.18 Å². The van der Waals surface area contributed by atoms with Crippen molar-refractivity contribution in [3.63, 3.8) is 0 Å². The number of nitrogens with zero attached hydrogens (tertiary/aromatic N) is 5. The summed E-state index contributed by atoms with van der Waals surface area (Å²) in [6.07, 6.45) is 4.80. The van der Waals surface area contributed by atoms with Gasteiger partial charge < -0.3 is 15.4 Å². The Bertz CT molecular complexity index is 1450. The molecule has 2 aromatic carbocycles. The third-order valence-electron chi connectivity index (χ3n) is 6.67. The van der Waals surface area contributed by atoms with Gasteiger partial charge in [0, 0.05) is 44.2 Å². The van der Waals surface area contributed by atoms with Crippen LogP contribution in [-0.4, -0.2) is 51.8 Å². The van der Waals surface area contributed by atoms with E-state index in [1.54, 1.807) is 19.3 Å². The fraction of sp³-hybridized carbons (Fsp3) is 0.308. The van der Waals surface area contributed by atoms with Crippen molar-refractivity contribution in [2.24, 2.45) is 12.8 Å². The maximum absolute atomic E-state index is 15.2. The van der Waals surface area contributed by atoms with Crippen LogP contribution in [-0.2, 0) is 13.5 Å². The van der Waals surface area contributed by atoms with Crippen LogP contribution in [0.4, 0.5) is 14.5 Å². The monoisotopic (exact) mass is 492 g/mol. The molecule has 4 aromatic rings. The fourth-order valence-electron chi connectivity index (χ4n) is 5.00.